The summed E-state index contributed by atoms with van der Waals surface area (Å²) >= 11 is 13.5. The molecule has 1 aromatic rings. The molecule has 1 aromatic heterocycles. The molecule has 12 heteroatoms. The van der Waals surface area contributed by atoms with Crippen LogP contribution in [0.15, 0.2) is 41.5 Å². The molecular weight excluding hydrogens is 554 g/mol. The van der Waals surface area contributed by atoms with Crippen LogP contribution in [0.1, 0.15) is 57.9 Å². The van der Waals surface area contributed by atoms with E-state index in [-0.39, 0.29) is 17.7 Å². The first-order valence-corrected chi connectivity index (χ1v) is 14.2. The summed E-state index contributed by atoms with van der Waals surface area (Å²) in [7, 11) is 0. The van der Waals surface area contributed by atoms with Gasteiger partial charge in [0, 0.05) is 49.7 Å². The number of nitrogens with one attached hydrogen (secondary N) is 4. The van der Waals surface area contributed by atoms with Crippen molar-refractivity contribution in [2.45, 2.75) is 88.0 Å². The minimum absolute atomic E-state index is 0.0186. The molecule has 4 rings (SSSR count). The Kier molecular flexibility index (Phi) is 9.77. The van der Waals surface area contributed by atoms with Gasteiger partial charge in [0.25, 0.3) is 0 Å². The van der Waals surface area contributed by atoms with E-state index in [2.05, 4.69) is 40.1 Å². The molecule has 5 N–H and O–H groups in total. The van der Waals surface area contributed by atoms with Crippen molar-refractivity contribution in [3.8, 4) is 0 Å². The van der Waals surface area contributed by atoms with Crippen molar-refractivity contribution in [3.05, 3.63) is 52.1 Å². The number of ether oxygens (including phenoxy) is 1. The van der Waals surface area contributed by atoms with Gasteiger partial charge in [0.05, 0.1) is 15.7 Å². The van der Waals surface area contributed by atoms with E-state index < -0.39 is 24.5 Å². The maximum absolute atomic E-state index is 12.7. The molecule has 0 amide bonds. The lowest BCUT2D eigenvalue weighted by atomic mass is 9.87. The summed E-state index contributed by atoms with van der Waals surface area (Å²) in [5, 5.41) is 23.9. The number of nitrogens with zero attached hydrogens (tertiary/aromatic N) is 1. The molecule has 218 valence electrons. The van der Waals surface area contributed by atoms with Crippen molar-refractivity contribution < 1.29 is 23.0 Å². The zero-order valence-electron chi connectivity index (χ0n) is 22.3. The Morgan fingerprint density at radius 2 is 1.87 bits per heavy atom. The quantitative estimate of drug-likeness (QED) is 0.285. The van der Waals surface area contributed by atoms with Crippen molar-refractivity contribution >= 4 is 23.2 Å². The molecule has 39 heavy (non-hydrogen) atoms. The number of hydrogen-bond donors (Lipinski definition) is 5. The minimum Gasteiger partial charge on any atom is -0.382 e. The molecule has 0 radical (unpaired) electrons. The predicted octanol–water partition coefficient (Wildman–Crippen LogP) is 4.66. The molecule has 2 fully saturated rings. The molecule has 0 aromatic carbocycles. The van der Waals surface area contributed by atoms with E-state index in [0.29, 0.717) is 41.7 Å². The van der Waals surface area contributed by atoms with Crippen LogP contribution in [-0.2, 0) is 10.4 Å². The lowest BCUT2D eigenvalue weighted by Gasteiger charge is -2.44. The van der Waals surface area contributed by atoms with Gasteiger partial charge in [-0.05, 0) is 76.5 Å². The summed E-state index contributed by atoms with van der Waals surface area (Å²) in [4.78, 5) is 4.13. The number of hydrogen-bond acceptors (Lipinski definition) is 7. The first kappa shape index (κ1) is 30.4. The number of dihydropyridines is 1. The van der Waals surface area contributed by atoms with Crippen LogP contribution in [0.4, 0.5) is 13.2 Å². The highest BCUT2D eigenvalue weighted by molar-refractivity contribution is 6.33. The first-order chi connectivity index (χ1) is 18.4. The largest absolute Gasteiger partial charge is 0.415 e. The lowest BCUT2D eigenvalue weighted by Crippen LogP contribution is -2.60. The Morgan fingerprint density at radius 1 is 1.15 bits per heavy atom. The molecule has 2 aliphatic heterocycles. The van der Waals surface area contributed by atoms with E-state index in [1.54, 1.807) is 12.4 Å². The topological polar surface area (TPSA) is 90.5 Å². The van der Waals surface area contributed by atoms with Crippen LogP contribution in [0.25, 0.3) is 0 Å². The normalized spacial score (nSPS) is 30.1. The molecular formula is C27H38Cl2F3N5O2. The van der Waals surface area contributed by atoms with Gasteiger partial charge < -0.3 is 25.8 Å². The summed E-state index contributed by atoms with van der Waals surface area (Å²) in [5.41, 5.74) is -0.421. The fourth-order valence-corrected chi connectivity index (χ4v) is 6.20. The van der Waals surface area contributed by atoms with Gasteiger partial charge in [-0.2, -0.15) is 13.2 Å². The molecule has 2 unspecified atom stereocenters. The third kappa shape index (κ3) is 7.80. The highest BCUT2D eigenvalue weighted by atomic mass is 35.5. The van der Waals surface area contributed by atoms with Crippen molar-refractivity contribution in [1.29, 1.82) is 0 Å². The van der Waals surface area contributed by atoms with Crippen molar-refractivity contribution in [1.82, 2.24) is 26.3 Å². The molecule has 3 aliphatic rings. The Labute approximate surface area is 237 Å². The van der Waals surface area contributed by atoms with Crippen LogP contribution in [0.2, 0.25) is 5.02 Å². The highest BCUT2D eigenvalue weighted by Crippen LogP contribution is 2.38. The third-order valence-electron chi connectivity index (χ3n) is 7.76. The average molecular weight is 593 g/mol. The average Bonchev–Trinajstić information content (AvgIpc) is 2.88. The number of pyridine rings is 1. The van der Waals surface area contributed by atoms with Crippen LogP contribution in [0.5, 0.6) is 0 Å². The highest BCUT2D eigenvalue weighted by Gasteiger charge is 2.43. The van der Waals surface area contributed by atoms with Gasteiger partial charge in [0.15, 0.2) is 11.8 Å². The molecule has 7 nitrogen and oxygen atoms in total. The van der Waals surface area contributed by atoms with Crippen LogP contribution in [0, 0.1) is 5.92 Å². The van der Waals surface area contributed by atoms with Crippen LogP contribution >= 0.6 is 23.2 Å². The minimum atomic E-state index is -4.63. The standard InChI is InChI=1S/C27H38Cl2F3N5O2/c1-25(2)13-17(10-12-39-25)14-35-24-8-7-22(29)26(37-24,20-9-11-33-15-21(20)28)36-19-5-3-18(4-6-19)34-16-23(38)27(30,31)32/h7-9,11,15,17-19,23,34-38H,3-6,10,12-14,16H2,1-2H3/t17?,18?,19?,23-,26?/m1/s1. The Balaban J connectivity index is 1.43. The molecule has 3 heterocycles. The van der Waals surface area contributed by atoms with Gasteiger partial charge in [0.2, 0.25) is 0 Å². The Hall–Kier alpha value is -1.56. The van der Waals surface area contributed by atoms with E-state index in [9.17, 15) is 18.3 Å². The Morgan fingerprint density at radius 3 is 2.54 bits per heavy atom. The second kappa shape index (κ2) is 12.5. The molecule has 3 atom stereocenters. The van der Waals surface area contributed by atoms with Crippen molar-refractivity contribution in [2.24, 2.45) is 5.92 Å². The van der Waals surface area contributed by atoms with Gasteiger partial charge in [-0.25, -0.2) is 0 Å². The van der Waals surface area contributed by atoms with Gasteiger partial charge in [-0.3, -0.25) is 10.3 Å². The smallest absolute Gasteiger partial charge is 0.382 e. The zero-order chi connectivity index (χ0) is 28.3. The van der Waals surface area contributed by atoms with Crippen LogP contribution < -0.4 is 21.3 Å². The molecule has 1 saturated heterocycles. The second-order valence-corrected chi connectivity index (χ2v) is 12.1. The summed E-state index contributed by atoms with van der Waals surface area (Å²) in [6.07, 6.45) is 4.68. The summed E-state index contributed by atoms with van der Waals surface area (Å²) in [5.74, 6) is 1.27. The summed E-state index contributed by atoms with van der Waals surface area (Å²) in [6, 6.07) is 1.74. The van der Waals surface area contributed by atoms with Gasteiger partial charge in [-0.15, -0.1) is 0 Å². The fourth-order valence-electron chi connectivity index (χ4n) is 5.67. The maximum Gasteiger partial charge on any atom is 0.415 e. The number of aromatic nitrogens is 1. The monoisotopic (exact) mass is 591 g/mol. The number of aliphatic hydroxyl groups excluding tert-OH is 1. The number of allylic oxidation sites excluding steroid dienone is 2. The number of rotatable bonds is 9. The van der Waals surface area contributed by atoms with E-state index in [4.69, 9.17) is 27.9 Å². The van der Waals surface area contributed by atoms with E-state index >= 15 is 0 Å². The third-order valence-corrected chi connectivity index (χ3v) is 8.47. The molecule has 0 bridgehead atoms. The summed E-state index contributed by atoms with van der Waals surface area (Å²) < 4.78 is 43.9. The van der Waals surface area contributed by atoms with E-state index in [1.807, 2.05) is 18.2 Å². The van der Waals surface area contributed by atoms with Gasteiger partial charge >= 0.3 is 6.18 Å². The maximum atomic E-state index is 12.7. The number of halogens is 5. The first-order valence-electron chi connectivity index (χ1n) is 13.5. The van der Waals surface area contributed by atoms with E-state index in [1.165, 1.54) is 0 Å². The summed E-state index contributed by atoms with van der Waals surface area (Å²) in [6.45, 7) is 5.23. The van der Waals surface area contributed by atoms with E-state index in [0.717, 1.165) is 37.4 Å². The van der Waals surface area contributed by atoms with Crippen molar-refractivity contribution in [3.63, 3.8) is 0 Å². The second-order valence-electron chi connectivity index (χ2n) is 11.3. The molecule has 0 spiro atoms. The molecule has 1 aliphatic carbocycles. The number of aliphatic hydroxyl groups is 1. The SMILES string of the molecule is CC1(C)CC(CNC2=CC=C(Cl)C(NC3CCC(NC[C@@H](O)C(F)(F)F)CC3)(c3ccncc3Cl)N2)CCO1. The van der Waals surface area contributed by atoms with Crippen LogP contribution in [0.3, 0.4) is 0 Å². The van der Waals surface area contributed by atoms with Crippen molar-refractivity contribution in [2.75, 3.05) is 19.7 Å². The lowest BCUT2D eigenvalue weighted by molar-refractivity contribution is -0.202. The van der Waals surface area contributed by atoms with Gasteiger partial charge in [-0.1, -0.05) is 23.2 Å². The zero-order valence-corrected chi connectivity index (χ0v) is 23.8. The predicted molar refractivity (Wildman–Crippen MR) is 146 cm³/mol. The Bertz CT molecular complexity index is 1050. The van der Waals surface area contributed by atoms with Gasteiger partial charge in [0.1, 0.15) is 5.82 Å². The fraction of sp³-hybridized carbons (Fsp3) is 0.667. The van der Waals surface area contributed by atoms with Crippen LogP contribution in [-0.4, -0.2) is 59.8 Å². The molecule has 1 saturated carbocycles. The number of alkyl halides is 3.